The lowest BCUT2D eigenvalue weighted by molar-refractivity contribution is 0.0784. The molecule has 108 valence electrons. The summed E-state index contributed by atoms with van der Waals surface area (Å²) in [7, 11) is 0. The van der Waals surface area contributed by atoms with Crippen LogP contribution in [0.25, 0.3) is 11.3 Å². The van der Waals surface area contributed by atoms with Gasteiger partial charge in [0.1, 0.15) is 10.8 Å². The van der Waals surface area contributed by atoms with E-state index in [0.717, 1.165) is 12.0 Å². The van der Waals surface area contributed by atoms with Gasteiger partial charge in [-0.15, -0.1) is 0 Å². The van der Waals surface area contributed by atoms with Gasteiger partial charge in [0.15, 0.2) is 0 Å². The minimum absolute atomic E-state index is 0.0568. The van der Waals surface area contributed by atoms with E-state index in [1.807, 2.05) is 0 Å². The lowest BCUT2D eigenvalue weighted by atomic mass is 10.2. The van der Waals surface area contributed by atoms with E-state index in [1.165, 1.54) is 6.20 Å². The molecule has 0 aromatic carbocycles. The van der Waals surface area contributed by atoms with Crippen LogP contribution in [0.15, 0.2) is 30.7 Å². The quantitative estimate of drug-likeness (QED) is 0.847. The first-order chi connectivity index (χ1) is 10.1. The van der Waals surface area contributed by atoms with Crippen molar-refractivity contribution in [1.82, 2.24) is 19.9 Å². The lowest BCUT2D eigenvalue weighted by Gasteiger charge is -2.14. The Morgan fingerprint density at radius 2 is 2.10 bits per heavy atom. The van der Waals surface area contributed by atoms with Crippen LogP contribution in [0.2, 0.25) is 5.15 Å². The zero-order valence-corrected chi connectivity index (χ0v) is 12.0. The fraction of sp³-hybridized carbons (Fsp3) is 0.286. The Bertz CT molecular complexity index is 643. The smallest absolute Gasteiger partial charge is 0.274 e. The normalized spacial score (nSPS) is 18.0. The maximum atomic E-state index is 12.2. The van der Waals surface area contributed by atoms with Crippen molar-refractivity contribution in [2.75, 3.05) is 13.1 Å². The van der Waals surface area contributed by atoms with Gasteiger partial charge < -0.3 is 10.6 Å². The molecule has 6 nitrogen and oxygen atoms in total. The van der Waals surface area contributed by atoms with Crippen LogP contribution in [0, 0.1) is 0 Å². The van der Waals surface area contributed by atoms with Crippen molar-refractivity contribution in [2.45, 2.75) is 12.5 Å². The van der Waals surface area contributed by atoms with Gasteiger partial charge in [-0.3, -0.25) is 9.78 Å². The number of amides is 1. The minimum Gasteiger partial charge on any atom is -0.336 e. The third-order valence-corrected chi connectivity index (χ3v) is 3.63. The number of carbonyl (C=O) groups is 1. The van der Waals surface area contributed by atoms with E-state index in [4.69, 9.17) is 17.3 Å². The van der Waals surface area contributed by atoms with Crippen LogP contribution in [0.4, 0.5) is 0 Å². The topological polar surface area (TPSA) is 85.0 Å². The number of nitrogens with two attached hydrogens (primary N) is 1. The van der Waals surface area contributed by atoms with Gasteiger partial charge >= 0.3 is 0 Å². The number of aromatic nitrogens is 3. The fourth-order valence-electron chi connectivity index (χ4n) is 2.25. The third kappa shape index (κ3) is 3.01. The summed E-state index contributed by atoms with van der Waals surface area (Å²) in [5, 5.41) is 0.420. The molecule has 1 unspecified atom stereocenters. The Morgan fingerprint density at radius 1 is 1.24 bits per heavy atom. The first-order valence-electron chi connectivity index (χ1n) is 6.62. The first kappa shape index (κ1) is 13.9. The molecule has 2 aromatic heterocycles. The van der Waals surface area contributed by atoms with Gasteiger partial charge in [0.2, 0.25) is 0 Å². The summed E-state index contributed by atoms with van der Waals surface area (Å²) in [6.07, 6.45) is 5.49. The molecule has 21 heavy (non-hydrogen) atoms. The van der Waals surface area contributed by atoms with Crippen LogP contribution in [0.3, 0.4) is 0 Å². The molecule has 1 aliphatic heterocycles. The molecule has 1 saturated heterocycles. The molecule has 3 rings (SSSR count). The second-order valence-corrected chi connectivity index (χ2v) is 5.34. The third-order valence-electron chi connectivity index (χ3n) is 3.41. The number of hydrogen-bond acceptors (Lipinski definition) is 5. The van der Waals surface area contributed by atoms with E-state index >= 15 is 0 Å². The maximum absolute atomic E-state index is 12.2. The number of likely N-dealkylation sites (tertiary alicyclic amines) is 1. The van der Waals surface area contributed by atoms with E-state index in [1.54, 1.807) is 29.4 Å². The second-order valence-electron chi connectivity index (χ2n) is 4.96. The number of nitrogens with zero attached hydrogens (tertiary/aromatic N) is 4. The molecule has 1 amide bonds. The Labute approximate surface area is 127 Å². The highest BCUT2D eigenvalue weighted by Crippen LogP contribution is 2.17. The van der Waals surface area contributed by atoms with Crippen LogP contribution in [-0.2, 0) is 0 Å². The van der Waals surface area contributed by atoms with Crippen molar-refractivity contribution in [3.8, 4) is 11.3 Å². The molecule has 2 N–H and O–H groups in total. The number of pyridine rings is 1. The van der Waals surface area contributed by atoms with Crippen LogP contribution in [0.1, 0.15) is 16.9 Å². The van der Waals surface area contributed by atoms with Gasteiger partial charge in [-0.05, 0) is 18.6 Å². The SMILES string of the molecule is NC1CCN(C(=O)c2cnc(-c3ccc(Cl)nc3)cn2)C1. The average Bonchev–Trinajstić information content (AvgIpc) is 2.94. The van der Waals surface area contributed by atoms with Crippen molar-refractivity contribution < 1.29 is 4.79 Å². The minimum atomic E-state index is -0.128. The van der Waals surface area contributed by atoms with Gasteiger partial charge in [-0.2, -0.15) is 0 Å². The van der Waals surface area contributed by atoms with Crippen molar-refractivity contribution in [2.24, 2.45) is 5.73 Å². The van der Waals surface area contributed by atoms with Gasteiger partial charge in [0.25, 0.3) is 5.91 Å². The number of carbonyl (C=O) groups excluding carboxylic acids is 1. The predicted octanol–water partition coefficient (Wildman–Crippen LogP) is 1.37. The highest BCUT2D eigenvalue weighted by molar-refractivity contribution is 6.29. The predicted molar refractivity (Wildman–Crippen MR) is 78.8 cm³/mol. The monoisotopic (exact) mass is 303 g/mol. The molecule has 0 aliphatic carbocycles. The summed E-state index contributed by atoms with van der Waals surface area (Å²) in [5.41, 5.74) is 7.58. The van der Waals surface area contributed by atoms with Crippen LogP contribution >= 0.6 is 11.6 Å². The highest BCUT2D eigenvalue weighted by atomic mass is 35.5. The van der Waals surface area contributed by atoms with E-state index in [2.05, 4.69) is 15.0 Å². The van der Waals surface area contributed by atoms with Crippen molar-refractivity contribution in [1.29, 1.82) is 0 Å². The van der Waals surface area contributed by atoms with Gasteiger partial charge in [-0.1, -0.05) is 11.6 Å². The van der Waals surface area contributed by atoms with Crippen molar-refractivity contribution in [3.63, 3.8) is 0 Å². The molecule has 0 spiro atoms. The number of halogens is 1. The molecule has 0 saturated carbocycles. The molecule has 0 radical (unpaired) electrons. The fourth-order valence-corrected chi connectivity index (χ4v) is 2.36. The molecule has 2 aromatic rings. The highest BCUT2D eigenvalue weighted by Gasteiger charge is 2.25. The zero-order valence-electron chi connectivity index (χ0n) is 11.2. The lowest BCUT2D eigenvalue weighted by Crippen LogP contribution is -2.32. The molecule has 1 atom stereocenters. The van der Waals surface area contributed by atoms with Crippen LogP contribution < -0.4 is 5.73 Å². The molecule has 0 bridgehead atoms. The summed E-state index contributed by atoms with van der Waals surface area (Å²) < 4.78 is 0. The Morgan fingerprint density at radius 3 is 2.67 bits per heavy atom. The Hall–Kier alpha value is -2.05. The summed E-state index contributed by atoms with van der Waals surface area (Å²) in [6, 6.07) is 3.55. The molecule has 1 aliphatic rings. The molecule has 1 fully saturated rings. The maximum Gasteiger partial charge on any atom is 0.274 e. The van der Waals surface area contributed by atoms with Crippen LogP contribution in [-0.4, -0.2) is 44.9 Å². The van der Waals surface area contributed by atoms with E-state index in [9.17, 15) is 4.79 Å². The summed E-state index contributed by atoms with van der Waals surface area (Å²) in [5.74, 6) is -0.128. The van der Waals surface area contributed by atoms with E-state index < -0.39 is 0 Å². The number of hydrogen-bond donors (Lipinski definition) is 1. The standard InChI is InChI=1S/C14H14ClN5O/c15-13-2-1-9(5-19-13)11-6-18-12(7-17-11)14(21)20-4-3-10(16)8-20/h1-2,5-7,10H,3-4,8,16H2. The van der Waals surface area contributed by atoms with Crippen molar-refractivity contribution in [3.05, 3.63) is 41.6 Å². The molecular weight excluding hydrogens is 290 g/mol. The summed E-state index contributed by atoms with van der Waals surface area (Å²) >= 11 is 5.74. The van der Waals surface area contributed by atoms with Crippen LogP contribution in [0.5, 0.6) is 0 Å². The first-order valence-corrected chi connectivity index (χ1v) is 7.00. The largest absolute Gasteiger partial charge is 0.336 e. The summed E-state index contributed by atoms with van der Waals surface area (Å²) in [6.45, 7) is 1.24. The number of rotatable bonds is 2. The molecular formula is C14H14ClN5O. The zero-order chi connectivity index (χ0) is 14.8. The van der Waals surface area contributed by atoms with E-state index in [0.29, 0.717) is 29.6 Å². The van der Waals surface area contributed by atoms with Gasteiger partial charge in [0, 0.05) is 30.9 Å². The molecule has 7 heteroatoms. The second kappa shape index (κ2) is 5.75. The Kier molecular flexibility index (Phi) is 3.81. The van der Waals surface area contributed by atoms with Gasteiger partial charge in [-0.25, -0.2) is 9.97 Å². The molecule has 3 heterocycles. The average molecular weight is 304 g/mol. The van der Waals surface area contributed by atoms with Crippen molar-refractivity contribution >= 4 is 17.5 Å². The Balaban J connectivity index is 1.77. The summed E-state index contributed by atoms with van der Waals surface area (Å²) in [4.78, 5) is 26.4. The van der Waals surface area contributed by atoms with E-state index in [-0.39, 0.29) is 11.9 Å². The van der Waals surface area contributed by atoms with Gasteiger partial charge in [0.05, 0.1) is 18.1 Å².